The lowest BCUT2D eigenvalue weighted by Crippen LogP contribution is -2.55. The molecule has 2 heterocycles. The molecule has 0 bridgehead atoms. The molecule has 24 heavy (non-hydrogen) atoms. The van der Waals surface area contributed by atoms with Crippen LogP contribution in [-0.2, 0) is 9.47 Å². The highest BCUT2D eigenvalue weighted by Crippen LogP contribution is 2.39. The fraction of sp³-hybridized carbons (Fsp3) is 0.882. The number of guanidine groups is 1. The summed E-state index contributed by atoms with van der Waals surface area (Å²) in [5, 5.41) is 0. The lowest BCUT2D eigenvalue weighted by Gasteiger charge is -2.46. The van der Waals surface area contributed by atoms with Crippen LogP contribution in [0.4, 0.5) is 4.79 Å². The maximum Gasteiger partial charge on any atom is 0.410 e. The zero-order valence-electron chi connectivity index (χ0n) is 15.0. The summed E-state index contributed by atoms with van der Waals surface area (Å²) in [5.41, 5.74) is 5.74. The number of aliphatic imine (C=N–C) groups is 1. The number of amides is 1. The van der Waals surface area contributed by atoms with Crippen LogP contribution in [0, 0.1) is 5.92 Å². The van der Waals surface area contributed by atoms with Crippen LogP contribution in [0.3, 0.4) is 0 Å². The minimum atomic E-state index is -0.461. The number of ether oxygens (including phenoxy) is 2. The zero-order valence-corrected chi connectivity index (χ0v) is 15.0. The molecule has 136 valence electrons. The molecule has 1 amide bonds. The second kappa shape index (κ2) is 6.78. The van der Waals surface area contributed by atoms with Crippen molar-refractivity contribution in [2.24, 2.45) is 16.6 Å². The van der Waals surface area contributed by atoms with Crippen LogP contribution in [0.15, 0.2) is 4.99 Å². The van der Waals surface area contributed by atoms with Crippen molar-refractivity contribution in [1.29, 1.82) is 0 Å². The van der Waals surface area contributed by atoms with Crippen LogP contribution in [0.5, 0.6) is 0 Å². The molecule has 2 N–H and O–H groups in total. The first kappa shape index (κ1) is 17.3. The van der Waals surface area contributed by atoms with Gasteiger partial charge < -0.3 is 25.0 Å². The van der Waals surface area contributed by atoms with Crippen molar-refractivity contribution in [2.45, 2.75) is 57.8 Å². The summed E-state index contributed by atoms with van der Waals surface area (Å²) in [6.07, 6.45) is 3.45. The summed E-state index contributed by atoms with van der Waals surface area (Å²) in [6, 6.07) is 0.305. The molecule has 0 unspecified atom stereocenters. The van der Waals surface area contributed by atoms with Gasteiger partial charge in [-0.05, 0) is 40.0 Å². The molecule has 0 radical (unpaired) electrons. The normalized spacial score (nSPS) is 31.3. The van der Waals surface area contributed by atoms with Gasteiger partial charge in [0.25, 0.3) is 0 Å². The summed E-state index contributed by atoms with van der Waals surface area (Å²) >= 11 is 0. The van der Waals surface area contributed by atoms with E-state index < -0.39 is 5.60 Å². The van der Waals surface area contributed by atoms with Crippen LogP contribution < -0.4 is 5.73 Å². The summed E-state index contributed by atoms with van der Waals surface area (Å²) < 4.78 is 11.1. The predicted octanol–water partition coefficient (Wildman–Crippen LogP) is 1.42. The van der Waals surface area contributed by atoms with Gasteiger partial charge in [-0.3, -0.25) is 0 Å². The standard InChI is InChI=1S/C17H30N4O3/c1-17(2,3)24-16(22)21-8-6-20(7-9-21)15(18)19-13-11-14-12(13)5-4-10-23-14/h12-14H,4-11H2,1-3H3,(H2,18,19)/t12-,13+,14-/m0/s1. The number of carbonyl (C=O) groups excluding carboxylic acids is 1. The van der Waals surface area contributed by atoms with E-state index >= 15 is 0 Å². The molecule has 1 saturated carbocycles. The maximum atomic E-state index is 12.1. The number of rotatable bonds is 1. The Morgan fingerprint density at radius 1 is 1.21 bits per heavy atom. The monoisotopic (exact) mass is 338 g/mol. The van der Waals surface area contributed by atoms with Crippen molar-refractivity contribution in [3.05, 3.63) is 0 Å². The van der Waals surface area contributed by atoms with Crippen molar-refractivity contribution < 1.29 is 14.3 Å². The molecule has 1 aliphatic carbocycles. The Morgan fingerprint density at radius 2 is 1.88 bits per heavy atom. The first-order chi connectivity index (χ1) is 11.3. The predicted molar refractivity (Wildman–Crippen MR) is 91.9 cm³/mol. The molecule has 0 aromatic carbocycles. The Kier molecular flexibility index (Phi) is 4.90. The number of carbonyl (C=O) groups is 1. The molecule has 2 aliphatic heterocycles. The molecule has 7 heteroatoms. The lowest BCUT2D eigenvalue weighted by molar-refractivity contribution is -0.0940. The highest BCUT2D eigenvalue weighted by Gasteiger charge is 2.43. The topological polar surface area (TPSA) is 80.4 Å². The van der Waals surface area contributed by atoms with E-state index in [1.165, 1.54) is 6.42 Å². The van der Waals surface area contributed by atoms with Gasteiger partial charge in [0, 0.05) is 38.7 Å². The van der Waals surface area contributed by atoms with Crippen molar-refractivity contribution in [3.8, 4) is 0 Å². The zero-order chi connectivity index (χ0) is 17.3. The average Bonchev–Trinajstić information content (AvgIpc) is 2.51. The molecule has 0 aromatic heterocycles. The second-order valence-electron chi connectivity index (χ2n) is 7.96. The Bertz CT molecular complexity index is 495. The number of piperazine rings is 1. The highest BCUT2D eigenvalue weighted by atomic mass is 16.6. The van der Waals surface area contributed by atoms with E-state index in [-0.39, 0.29) is 6.09 Å². The van der Waals surface area contributed by atoms with Crippen molar-refractivity contribution in [1.82, 2.24) is 9.80 Å². The highest BCUT2D eigenvalue weighted by molar-refractivity contribution is 5.79. The van der Waals surface area contributed by atoms with Gasteiger partial charge in [-0.2, -0.15) is 0 Å². The summed E-state index contributed by atoms with van der Waals surface area (Å²) in [7, 11) is 0. The van der Waals surface area contributed by atoms with E-state index in [0.29, 0.717) is 50.2 Å². The summed E-state index contributed by atoms with van der Waals surface area (Å²) in [5.74, 6) is 1.15. The number of fused-ring (bicyclic) bond motifs is 1. The van der Waals surface area contributed by atoms with Crippen molar-refractivity contribution in [2.75, 3.05) is 32.8 Å². The fourth-order valence-corrected chi connectivity index (χ4v) is 3.61. The van der Waals surface area contributed by atoms with Gasteiger partial charge in [-0.1, -0.05) is 0 Å². The molecule has 3 rings (SSSR count). The quantitative estimate of drug-likeness (QED) is 0.578. The SMILES string of the molecule is CC(C)(C)OC(=O)N1CCN(C(N)=N[C@@H]2C[C@@H]3OCCC[C@H]32)CC1. The van der Waals surface area contributed by atoms with Gasteiger partial charge in [0.2, 0.25) is 0 Å². The minimum absolute atomic E-state index is 0.251. The van der Waals surface area contributed by atoms with Crippen molar-refractivity contribution in [3.63, 3.8) is 0 Å². The summed E-state index contributed by atoms with van der Waals surface area (Å²) in [6.45, 7) is 9.17. The molecule has 2 saturated heterocycles. The van der Waals surface area contributed by atoms with Gasteiger partial charge >= 0.3 is 6.09 Å². The number of nitrogens with zero attached hydrogens (tertiary/aromatic N) is 3. The Hall–Kier alpha value is -1.50. The van der Waals surface area contributed by atoms with E-state index in [2.05, 4.69) is 4.90 Å². The van der Waals surface area contributed by atoms with Crippen molar-refractivity contribution >= 4 is 12.1 Å². The molecular weight excluding hydrogens is 308 g/mol. The maximum absolute atomic E-state index is 12.1. The van der Waals surface area contributed by atoms with E-state index in [0.717, 1.165) is 19.4 Å². The van der Waals surface area contributed by atoms with Gasteiger partial charge in [0.15, 0.2) is 5.96 Å². The third kappa shape index (κ3) is 3.94. The average molecular weight is 338 g/mol. The van der Waals surface area contributed by atoms with E-state index in [9.17, 15) is 4.79 Å². The minimum Gasteiger partial charge on any atom is -0.444 e. The summed E-state index contributed by atoms with van der Waals surface area (Å²) in [4.78, 5) is 20.6. The van der Waals surface area contributed by atoms with Crippen LogP contribution in [0.2, 0.25) is 0 Å². The molecule has 3 atom stereocenters. The fourth-order valence-electron chi connectivity index (χ4n) is 3.61. The number of hydrogen-bond donors (Lipinski definition) is 1. The molecule has 7 nitrogen and oxygen atoms in total. The van der Waals surface area contributed by atoms with Crippen LogP contribution in [0.25, 0.3) is 0 Å². The second-order valence-corrected chi connectivity index (χ2v) is 7.96. The molecule has 3 aliphatic rings. The van der Waals surface area contributed by atoms with E-state index in [4.69, 9.17) is 20.2 Å². The van der Waals surface area contributed by atoms with Gasteiger partial charge in [-0.25, -0.2) is 9.79 Å². The first-order valence-electron chi connectivity index (χ1n) is 9.01. The lowest BCUT2D eigenvalue weighted by atomic mass is 9.73. The first-order valence-corrected chi connectivity index (χ1v) is 9.01. The smallest absolute Gasteiger partial charge is 0.410 e. The van der Waals surface area contributed by atoms with E-state index in [1.807, 2.05) is 20.8 Å². The Balaban J connectivity index is 1.47. The third-order valence-electron chi connectivity index (χ3n) is 5.01. The van der Waals surface area contributed by atoms with Gasteiger partial charge in [-0.15, -0.1) is 0 Å². The van der Waals surface area contributed by atoms with Gasteiger partial charge in [0.05, 0.1) is 12.1 Å². The van der Waals surface area contributed by atoms with Crippen LogP contribution >= 0.6 is 0 Å². The number of hydrogen-bond acceptors (Lipinski definition) is 4. The number of nitrogens with two attached hydrogens (primary N) is 1. The van der Waals surface area contributed by atoms with Crippen LogP contribution in [0.1, 0.15) is 40.0 Å². The molecular formula is C17H30N4O3. The van der Waals surface area contributed by atoms with E-state index in [1.54, 1.807) is 4.90 Å². The molecule has 0 spiro atoms. The molecule has 0 aromatic rings. The largest absolute Gasteiger partial charge is 0.444 e. The Morgan fingerprint density at radius 3 is 2.50 bits per heavy atom. The van der Waals surface area contributed by atoms with Gasteiger partial charge in [0.1, 0.15) is 5.60 Å². The Labute approximate surface area is 144 Å². The molecule has 3 fully saturated rings. The van der Waals surface area contributed by atoms with Crippen LogP contribution in [-0.4, -0.2) is 72.4 Å². The third-order valence-corrected chi connectivity index (χ3v) is 5.01.